The molecule has 170 valence electrons. The van der Waals surface area contributed by atoms with E-state index in [-0.39, 0.29) is 22.9 Å². The van der Waals surface area contributed by atoms with E-state index >= 15 is 0 Å². The maximum atomic E-state index is 12.6. The zero-order valence-electron chi connectivity index (χ0n) is 18.3. The van der Waals surface area contributed by atoms with Gasteiger partial charge in [-0.1, -0.05) is 12.1 Å². The molecule has 0 aliphatic heterocycles. The van der Waals surface area contributed by atoms with Gasteiger partial charge < -0.3 is 31.6 Å². The van der Waals surface area contributed by atoms with Crippen LogP contribution in [0.5, 0.6) is 0 Å². The number of hydrogen-bond acceptors (Lipinski definition) is 5. The minimum atomic E-state index is -1.66. The largest absolute Gasteiger partial charge is 0.475 e. The molecule has 1 aromatic rings. The molecule has 1 aromatic carbocycles. The zero-order valence-corrected chi connectivity index (χ0v) is 18.3. The second kappa shape index (κ2) is 10.0. The zero-order chi connectivity index (χ0) is 22.5. The topological polar surface area (TPSA) is 143 Å². The SMILES string of the molecule is CCOC12CCC(c3ccc(C(=O)N[C@@H](CCCN=C(N)N)B(O)O)cc3)(CC1)CC2. The summed E-state index contributed by atoms with van der Waals surface area (Å²) in [5, 5.41) is 21.9. The average Bonchev–Trinajstić information content (AvgIpc) is 2.77. The Hall–Kier alpha value is -2.10. The molecule has 0 aromatic heterocycles. The third-order valence-corrected chi connectivity index (χ3v) is 7.03. The van der Waals surface area contributed by atoms with Gasteiger partial charge in [0.15, 0.2) is 5.96 Å². The lowest BCUT2D eigenvalue weighted by Gasteiger charge is -2.53. The Labute approximate surface area is 184 Å². The highest BCUT2D eigenvalue weighted by molar-refractivity contribution is 6.43. The van der Waals surface area contributed by atoms with Gasteiger partial charge in [-0.25, -0.2) is 0 Å². The number of aliphatic imine (C=N–C) groups is 1. The number of benzene rings is 1. The molecular formula is C22H35BN4O4. The van der Waals surface area contributed by atoms with E-state index in [9.17, 15) is 14.8 Å². The molecule has 7 N–H and O–H groups in total. The van der Waals surface area contributed by atoms with Crippen molar-refractivity contribution < 1.29 is 19.6 Å². The van der Waals surface area contributed by atoms with Crippen molar-refractivity contribution in [3.05, 3.63) is 35.4 Å². The van der Waals surface area contributed by atoms with Crippen molar-refractivity contribution in [2.75, 3.05) is 13.2 Å². The van der Waals surface area contributed by atoms with Crippen LogP contribution in [-0.4, -0.2) is 53.7 Å². The van der Waals surface area contributed by atoms with Gasteiger partial charge in [-0.3, -0.25) is 9.79 Å². The molecular weight excluding hydrogens is 395 g/mol. The summed E-state index contributed by atoms with van der Waals surface area (Å²) in [7, 11) is -1.66. The normalized spacial score (nSPS) is 25.6. The van der Waals surface area contributed by atoms with Gasteiger partial charge in [-0.05, 0) is 81.4 Å². The molecule has 2 bridgehead atoms. The van der Waals surface area contributed by atoms with Crippen LogP contribution in [0.1, 0.15) is 74.2 Å². The minimum absolute atomic E-state index is 0.01000. The van der Waals surface area contributed by atoms with Crippen LogP contribution < -0.4 is 16.8 Å². The number of nitrogens with two attached hydrogens (primary N) is 2. The van der Waals surface area contributed by atoms with E-state index in [4.69, 9.17) is 16.2 Å². The minimum Gasteiger partial charge on any atom is -0.426 e. The highest BCUT2D eigenvalue weighted by Crippen LogP contribution is 2.54. The van der Waals surface area contributed by atoms with E-state index in [1.54, 1.807) is 0 Å². The van der Waals surface area contributed by atoms with Gasteiger partial charge in [0.05, 0.1) is 11.5 Å². The Morgan fingerprint density at radius 2 is 1.77 bits per heavy atom. The second-order valence-corrected chi connectivity index (χ2v) is 8.92. The molecule has 31 heavy (non-hydrogen) atoms. The fourth-order valence-electron chi connectivity index (χ4n) is 5.15. The predicted molar refractivity (Wildman–Crippen MR) is 122 cm³/mol. The molecule has 3 saturated carbocycles. The van der Waals surface area contributed by atoms with Crippen molar-refractivity contribution in [2.45, 2.75) is 75.2 Å². The van der Waals surface area contributed by atoms with Crippen molar-refractivity contribution in [3.8, 4) is 0 Å². The van der Waals surface area contributed by atoms with Gasteiger partial charge >= 0.3 is 7.12 Å². The number of carbonyl (C=O) groups excluding carboxylic acids is 1. The van der Waals surface area contributed by atoms with Gasteiger partial charge in [0, 0.05) is 18.7 Å². The summed E-state index contributed by atoms with van der Waals surface area (Å²) < 4.78 is 6.08. The first-order valence-corrected chi connectivity index (χ1v) is 11.3. The highest BCUT2D eigenvalue weighted by Gasteiger charge is 2.49. The molecule has 1 atom stereocenters. The molecule has 0 unspecified atom stereocenters. The molecule has 0 radical (unpaired) electrons. The van der Waals surface area contributed by atoms with E-state index in [2.05, 4.69) is 29.4 Å². The van der Waals surface area contributed by atoms with Crippen molar-refractivity contribution in [3.63, 3.8) is 0 Å². The third kappa shape index (κ3) is 5.58. The van der Waals surface area contributed by atoms with Gasteiger partial charge in [-0.2, -0.15) is 0 Å². The van der Waals surface area contributed by atoms with Crippen LogP contribution in [-0.2, 0) is 10.2 Å². The smallest absolute Gasteiger partial charge is 0.426 e. The summed E-state index contributed by atoms with van der Waals surface area (Å²) in [6.07, 6.45) is 7.51. The Kier molecular flexibility index (Phi) is 7.62. The molecule has 3 aliphatic rings. The summed E-state index contributed by atoms with van der Waals surface area (Å²) in [5.74, 6) is -1.13. The molecule has 0 heterocycles. The maximum Gasteiger partial charge on any atom is 0.475 e. The summed E-state index contributed by atoms with van der Waals surface area (Å²) in [6, 6.07) is 7.77. The first-order chi connectivity index (χ1) is 14.8. The van der Waals surface area contributed by atoms with Crippen LogP contribution in [0.25, 0.3) is 0 Å². The first-order valence-electron chi connectivity index (χ1n) is 11.3. The Balaban J connectivity index is 1.59. The van der Waals surface area contributed by atoms with Crippen molar-refractivity contribution >= 4 is 19.0 Å². The number of nitrogens with zero attached hydrogens (tertiary/aromatic N) is 1. The summed E-state index contributed by atoms with van der Waals surface area (Å²) in [5.41, 5.74) is 12.6. The first kappa shape index (κ1) is 23.6. The number of amides is 1. The molecule has 3 fully saturated rings. The van der Waals surface area contributed by atoms with Crippen molar-refractivity contribution in [1.82, 2.24) is 5.32 Å². The Bertz CT molecular complexity index is 756. The standard InChI is InChI=1S/C22H35BN4O4/c1-2-31-22-12-9-21(10-13-22,11-14-22)17-7-5-16(6-8-17)19(28)27-18(23(29)30)4-3-15-26-20(24)25/h5-8,18,29-30H,2-4,9-15H2,1H3,(H,27,28)(H4,24,25,26)/t18-,21?,22?/m0/s1. The number of carbonyl (C=O) groups is 1. The highest BCUT2D eigenvalue weighted by atomic mass is 16.5. The molecule has 1 amide bonds. The Morgan fingerprint density at radius 3 is 2.29 bits per heavy atom. The van der Waals surface area contributed by atoms with Gasteiger partial charge in [-0.15, -0.1) is 0 Å². The van der Waals surface area contributed by atoms with Crippen LogP contribution in [0.2, 0.25) is 0 Å². The van der Waals surface area contributed by atoms with Gasteiger partial charge in [0.1, 0.15) is 0 Å². The quantitative estimate of drug-likeness (QED) is 0.164. The monoisotopic (exact) mass is 430 g/mol. The molecule has 0 saturated heterocycles. The van der Waals surface area contributed by atoms with Crippen LogP contribution in [0, 0.1) is 0 Å². The summed E-state index contributed by atoms with van der Waals surface area (Å²) >= 11 is 0. The van der Waals surface area contributed by atoms with E-state index in [0.717, 1.165) is 45.1 Å². The van der Waals surface area contributed by atoms with Crippen LogP contribution in [0.15, 0.2) is 29.3 Å². The van der Waals surface area contributed by atoms with Crippen LogP contribution in [0.3, 0.4) is 0 Å². The summed E-state index contributed by atoms with van der Waals surface area (Å²) in [6.45, 7) is 3.21. The van der Waals surface area contributed by atoms with E-state index < -0.39 is 13.1 Å². The molecule has 3 aliphatic carbocycles. The van der Waals surface area contributed by atoms with E-state index in [0.29, 0.717) is 24.9 Å². The van der Waals surface area contributed by atoms with Crippen molar-refractivity contribution in [2.24, 2.45) is 16.5 Å². The van der Waals surface area contributed by atoms with E-state index in [1.807, 2.05) is 12.1 Å². The van der Waals surface area contributed by atoms with Crippen molar-refractivity contribution in [1.29, 1.82) is 0 Å². The van der Waals surface area contributed by atoms with Gasteiger partial charge in [0.2, 0.25) is 0 Å². The fourth-order valence-corrected chi connectivity index (χ4v) is 5.15. The Morgan fingerprint density at radius 1 is 1.16 bits per heavy atom. The number of hydrogen-bond donors (Lipinski definition) is 5. The van der Waals surface area contributed by atoms with Crippen LogP contribution in [0.4, 0.5) is 0 Å². The lowest BCUT2D eigenvalue weighted by atomic mass is 9.56. The van der Waals surface area contributed by atoms with Crippen LogP contribution >= 0.6 is 0 Å². The van der Waals surface area contributed by atoms with E-state index in [1.165, 1.54) is 5.56 Å². The lowest BCUT2D eigenvalue weighted by Crippen LogP contribution is -2.49. The number of rotatable bonds is 10. The number of fused-ring (bicyclic) bond motifs is 3. The predicted octanol–water partition coefficient (Wildman–Crippen LogP) is 1.23. The number of ether oxygens (including phenoxy) is 1. The second-order valence-electron chi connectivity index (χ2n) is 8.92. The molecule has 8 nitrogen and oxygen atoms in total. The number of nitrogens with one attached hydrogen (secondary N) is 1. The molecule has 9 heteroatoms. The molecule has 4 rings (SSSR count). The third-order valence-electron chi connectivity index (χ3n) is 7.03. The lowest BCUT2D eigenvalue weighted by molar-refractivity contribution is -0.114. The number of guanidine groups is 1. The average molecular weight is 430 g/mol. The summed E-state index contributed by atoms with van der Waals surface area (Å²) in [4.78, 5) is 16.5. The fraction of sp³-hybridized carbons (Fsp3) is 0.636. The molecule has 0 spiro atoms. The maximum absolute atomic E-state index is 12.6. The van der Waals surface area contributed by atoms with Gasteiger partial charge in [0.25, 0.3) is 5.91 Å².